The van der Waals surface area contributed by atoms with Gasteiger partial charge in [-0.15, -0.1) is 0 Å². The average molecular weight is 291 g/mol. The van der Waals surface area contributed by atoms with Crippen molar-refractivity contribution in [3.8, 4) is 5.82 Å². The molecule has 1 aliphatic heterocycles. The average Bonchev–Trinajstić information content (AvgIpc) is 2.91. The number of hydrogen-bond acceptors (Lipinski definition) is 5. The van der Waals surface area contributed by atoms with E-state index in [1.807, 2.05) is 27.7 Å². The zero-order chi connectivity index (χ0) is 19.5. The van der Waals surface area contributed by atoms with Gasteiger partial charge in [-0.1, -0.05) is 0 Å². The van der Waals surface area contributed by atoms with E-state index in [1.54, 1.807) is 0 Å². The van der Waals surface area contributed by atoms with E-state index in [-0.39, 0.29) is 5.82 Å². The van der Waals surface area contributed by atoms with Gasteiger partial charge in [0.15, 0.2) is 5.82 Å². The van der Waals surface area contributed by atoms with Crippen molar-refractivity contribution in [3.05, 3.63) is 30.3 Å². The quantitative estimate of drug-likeness (QED) is 0.780. The van der Waals surface area contributed by atoms with Gasteiger partial charge < -0.3 is 9.31 Å². The van der Waals surface area contributed by atoms with Crippen LogP contribution in [0.1, 0.15) is 40.1 Å². The molecular formula is C14H19BN4O2. The zero-order valence-corrected chi connectivity index (χ0v) is 12.3. The first-order valence-corrected chi connectivity index (χ1v) is 6.58. The van der Waals surface area contributed by atoms with Crippen molar-refractivity contribution in [1.29, 1.82) is 0 Å². The molecule has 0 unspecified atom stereocenters. The van der Waals surface area contributed by atoms with Crippen LogP contribution >= 0.6 is 0 Å². The normalized spacial score (nSPS) is 24.0. The largest absolute Gasteiger partial charge is 0.516 e. The molecule has 110 valence electrons. The van der Waals surface area contributed by atoms with Gasteiger partial charge in [0.25, 0.3) is 0 Å². The standard InChI is InChI=1S/C14H19BN4O2/c1-10-6-18-19(9-10)12-8-16-11(7-17-12)15-20-13(2,3)14(4,5)21-15/h6-9H,1-5H3/i1D3,6D,9D. The van der Waals surface area contributed by atoms with Crippen molar-refractivity contribution in [3.63, 3.8) is 0 Å². The zero-order valence-electron chi connectivity index (χ0n) is 17.3. The molecule has 3 rings (SSSR count). The van der Waals surface area contributed by atoms with Crippen molar-refractivity contribution >= 4 is 12.7 Å². The van der Waals surface area contributed by atoms with Crippen LogP contribution in [0.4, 0.5) is 0 Å². The van der Waals surface area contributed by atoms with Gasteiger partial charge in [-0.3, -0.25) is 4.98 Å². The van der Waals surface area contributed by atoms with Crippen LogP contribution in [0.15, 0.2) is 24.7 Å². The minimum atomic E-state index is -2.59. The molecule has 2 aromatic rings. The van der Waals surface area contributed by atoms with Crippen LogP contribution in [0, 0.1) is 6.85 Å². The van der Waals surface area contributed by atoms with Gasteiger partial charge >= 0.3 is 7.12 Å². The van der Waals surface area contributed by atoms with Gasteiger partial charge in [0.1, 0.15) is 0 Å². The monoisotopic (exact) mass is 291 g/mol. The van der Waals surface area contributed by atoms with Gasteiger partial charge in [-0.2, -0.15) is 5.10 Å². The van der Waals surface area contributed by atoms with Crippen molar-refractivity contribution in [1.82, 2.24) is 19.7 Å². The van der Waals surface area contributed by atoms with E-state index in [9.17, 15) is 0 Å². The first-order valence-electron chi connectivity index (χ1n) is 9.08. The summed E-state index contributed by atoms with van der Waals surface area (Å²) in [6, 6.07) is 0. The lowest BCUT2D eigenvalue weighted by molar-refractivity contribution is 0.00578. The maximum Gasteiger partial charge on any atom is 0.516 e. The van der Waals surface area contributed by atoms with Gasteiger partial charge in [-0.05, 0) is 40.1 Å². The fourth-order valence-electron chi connectivity index (χ4n) is 1.89. The Labute approximate surface area is 131 Å². The van der Waals surface area contributed by atoms with Crippen LogP contribution < -0.4 is 5.59 Å². The summed E-state index contributed by atoms with van der Waals surface area (Å²) in [5, 5.41) is 3.79. The Kier molecular flexibility index (Phi) is 2.06. The molecule has 0 aromatic carbocycles. The minimum Gasteiger partial charge on any atom is -0.398 e. The molecule has 0 saturated carbocycles. The second-order valence-corrected chi connectivity index (χ2v) is 5.90. The third-order valence-corrected chi connectivity index (χ3v) is 3.85. The van der Waals surface area contributed by atoms with Gasteiger partial charge in [0.05, 0.1) is 31.9 Å². The number of nitrogens with zero attached hydrogens (tertiary/aromatic N) is 4. The number of hydrogen-bond donors (Lipinski definition) is 0. The highest BCUT2D eigenvalue weighted by Crippen LogP contribution is 2.36. The molecule has 0 atom stereocenters. The highest BCUT2D eigenvalue weighted by atomic mass is 16.7. The number of rotatable bonds is 2. The van der Waals surface area contributed by atoms with Crippen LogP contribution in [0.3, 0.4) is 0 Å². The lowest BCUT2D eigenvalue weighted by Crippen LogP contribution is -2.41. The van der Waals surface area contributed by atoms with Crippen molar-refractivity contribution in [2.75, 3.05) is 0 Å². The van der Waals surface area contributed by atoms with E-state index in [0.29, 0.717) is 5.59 Å². The molecule has 6 nitrogen and oxygen atoms in total. The molecule has 7 heteroatoms. The first-order chi connectivity index (χ1) is 11.8. The molecule has 3 heterocycles. The topological polar surface area (TPSA) is 62.1 Å². The summed E-state index contributed by atoms with van der Waals surface area (Å²) in [6.07, 6.45) is 1.88. The summed E-state index contributed by atoms with van der Waals surface area (Å²) >= 11 is 0. The molecule has 0 amide bonds. The van der Waals surface area contributed by atoms with Crippen molar-refractivity contribution in [2.45, 2.75) is 45.7 Å². The second-order valence-electron chi connectivity index (χ2n) is 5.90. The predicted octanol–water partition coefficient (Wildman–Crippen LogP) is 1.27. The Morgan fingerprint density at radius 2 is 1.90 bits per heavy atom. The highest BCUT2D eigenvalue weighted by molar-refractivity contribution is 6.61. The maximum absolute atomic E-state index is 7.99. The Bertz CT molecular complexity index is 819. The molecule has 2 aromatic heterocycles. The molecule has 0 bridgehead atoms. The van der Waals surface area contributed by atoms with E-state index < -0.39 is 43.1 Å². The second kappa shape index (κ2) is 4.64. The minimum absolute atomic E-state index is 0.138. The summed E-state index contributed by atoms with van der Waals surface area (Å²) in [7, 11) is -0.681. The Morgan fingerprint density at radius 3 is 2.43 bits per heavy atom. The van der Waals surface area contributed by atoms with Crippen LogP contribution in [0.25, 0.3) is 5.82 Å². The van der Waals surface area contributed by atoms with E-state index in [4.69, 9.17) is 16.2 Å². The van der Waals surface area contributed by atoms with E-state index >= 15 is 0 Å². The van der Waals surface area contributed by atoms with Gasteiger partial charge in [0.2, 0.25) is 0 Å². The molecule has 0 spiro atoms. The smallest absolute Gasteiger partial charge is 0.398 e. The van der Waals surface area contributed by atoms with Gasteiger partial charge in [-0.25, -0.2) is 9.67 Å². The van der Waals surface area contributed by atoms with E-state index in [1.165, 1.54) is 12.4 Å². The summed E-state index contributed by atoms with van der Waals surface area (Å²) in [6.45, 7) is 5.12. The van der Waals surface area contributed by atoms with E-state index in [2.05, 4.69) is 15.1 Å². The Balaban J connectivity index is 1.90. The molecular weight excluding hydrogens is 267 g/mol. The highest BCUT2D eigenvalue weighted by Gasteiger charge is 2.52. The number of aromatic nitrogens is 4. The van der Waals surface area contributed by atoms with Crippen LogP contribution in [0.2, 0.25) is 0 Å². The van der Waals surface area contributed by atoms with Crippen molar-refractivity contribution in [2.24, 2.45) is 0 Å². The fraction of sp³-hybridized carbons (Fsp3) is 0.500. The lowest BCUT2D eigenvalue weighted by atomic mass is 9.85. The molecule has 21 heavy (non-hydrogen) atoms. The molecule has 1 aliphatic rings. The third-order valence-electron chi connectivity index (χ3n) is 3.85. The summed E-state index contributed by atoms with van der Waals surface area (Å²) in [5.41, 5.74) is -0.992. The predicted molar refractivity (Wildman–Crippen MR) is 79.6 cm³/mol. The SMILES string of the molecule is [2H]c1nn(-c2cnc(B3OC(C)(C)C(C)(C)O3)cn2)c([2H])c1C([2H])([2H])[2H]. The maximum atomic E-state index is 7.99. The van der Waals surface area contributed by atoms with Crippen LogP contribution in [0.5, 0.6) is 0 Å². The third kappa shape index (κ3) is 2.47. The molecule has 0 N–H and O–H groups in total. The fourth-order valence-corrected chi connectivity index (χ4v) is 1.89. The van der Waals surface area contributed by atoms with E-state index in [0.717, 1.165) is 4.68 Å². The lowest BCUT2D eigenvalue weighted by Gasteiger charge is -2.32. The van der Waals surface area contributed by atoms with Crippen LogP contribution in [-0.4, -0.2) is 38.1 Å². The van der Waals surface area contributed by atoms with Gasteiger partial charge in [0, 0.05) is 16.5 Å². The first kappa shape index (κ1) is 9.32. The Morgan fingerprint density at radius 1 is 1.19 bits per heavy atom. The molecule has 1 fully saturated rings. The Hall–Kier alpha value is -1.73. The van der Waals surface area contributed by atoms with Crippen LogP contribution in [-0.2, 0) is 9.31 Å². The van der Waals surface area contributed by atoms with Crippen molar-refractivity contribution < 1.29 is 16.2 Å². The summed E-state index contributed by atoms with van der Waals surface area (Å²) in [4.78, 5) is 8.43. The molecule has 0 aliphatic carbocycles. The summed E-state index contributed by atoms with van der Waals surface area (Å²) in [5.74, 6) is 0.138. The summed E-state index contributed by atoms with van der Waals surface area (Å²) < 4.78 is 50.7. The molecule has 1 saturated heterocycles. The molecule has 0 radical (unpaired) electrons.